The zero-order valence-electron chi connectivity index (χ0n) is 13.2. The van der Waals surface area contributed by atoms with Crippen LogP contribution in [-0.4, -0.2) is 41.9 Å². The zero-order valence-corrected chi connectivity index (χ0v) is 13.2. The maximum atomic E-state index is 12.9. The van der Waals surface area contributed by atoms with E-state index in [-0.39, 0.29) is 17.8 Å². The first-order valence-corrected chi connectivity index (χ1v) is 7.68. The van der Waals surface area contributed by atoms with Gasteiger partial charge in [0.1, 0.15) is 5.82 Å². The highest BCUT2D eigenvalue weighted by atomic mass is 19.1. The van der Waals surface area contributed by atoms with E-state index in [1.165, 1.54) is 12.1 Å². The second kappa shape index (κ2) is 7.03. The van der Waals surface area contributed by atoms with Crippen LogP contribution < -0.4 is 0 Å². The Morgan fingerprint density at radius 1 is 1.33 bits per heavy atom. The van der Waals surface area contributed by atoms with E-state index in [0.29, 0.717) is 12.3 Å². The number of benzene rings is 1. The van der Waals surface area contributed by atoms with Crippen molar-refractivity contribution in [3.05, 3.63) is 35.6 Å². The van der Waals surface area contributed by atoms with Gasteiger partial charge in [0.05, 0.1) is 0 Å². The van der Waals surface area contributed by atoms with Gasteiger partial charge in [0.15, 0.2) is 0 Å². The smallest absolute Gasteiger partial charge is 0.222 e. The van der Waals surface area contributed by atoms with Crippen molar-refractivity contribution in [2.24, 2.45) is 5.92 Å². The highest BCUT2D eigenvalue weighted by Crippen LogP contribution is 2.21. The van der Waals surface area contributed by atoms with Crippen LogP contribution in [-0.2, 0) is 11.3 Å². The van der Waals surface area contributed by atoms with Crippen molar-refractivity contribution in [1.29, 1.82) is 0 Å². The van der Waals surface area contributed by atoms with Crippen molar-refractivity contribution in [1.82, 2.24) is 9.80 Å². The summed E-state index contributed by atoms with van der Waals surface area (Å²) in [5.41, 5.74) is 1.12. The molecule has 0 saturated carbocycles. The number of hydrogen-bond acceptors (Lipinski definition) is 2. The van der Waals surface area contributed by atoms with Crippen LogP contribution in [0, 0.1) is 11.7 Å². The summed E-state index contributed by atoms with van der Waals surface area (Å²) in [6.07, 6.45) is 1.63. The van der Waals surface area contributed by atoms with E-state index in [2.05, 4.69) is 25.8 Å². The number of amides is 1. The van der Waals surface area contributed by atoms with Crippen LogP contribution in [0.15, 0.2) is 24.3 Å². The Bertz CT molecular complexity index is 472. The molecule has 2 rings (SSSR count). The molecular weight excluding hydrogens is 267 g/mol. The van der Waals surface area contributed by atoms with Gasteiger partial charge in [0.25, 0.3) is 0 Å². The Labute approximate surface area is 126 Å². The summed E-state index contributed by atoms with van der Waals surface area (Å²) in [6, 6.07) is 6.95. The lowest BCUT2D eigenvalue weighted by Gasteiger charge is -2.37. The molecule has 1 aromatic rings. The Morgan fingerprint density at radius 3 is 2.62 bits per heavy atom. The summed E-state index contributed by atoms with van der Waals surface area (Å²) in [4.78, 5) is 16.1. The van der Waals surface area contributed by atoms with Gasteiger partial charge in [-0.25, -0.2) is 4.39 Å². The van der Waals surface area contributed by atoms with Gasteiger partial charge in [0, 0.05) is 32.1 Å². The first-order chi connectivity index (χ1) is 9.95. The molecule has 1 aromatic carbocycles. The summed E-state index contributed by atoms with van der Waals surface area (Å²) in [5, 5.41) is 0. The number of carbonyl (C=O) groups excluding carboxylic acids is 1. The molecule has 0 aromatic heterocycles. The van der Waals surface area contributed by atoms with Gasteiger partial charge in [-0.05, 0) is 50.9 Å². The number of hydrogen-bond donors (Lipinski definition) is 0. The van der Waals surface area contributed by atoms with Gasteiger partial charge < -0.3 is 9.80 Å². The maximum Gasteiger partial charge on any atom is 0.222 e. The van der Waals surface area contributed by atoms with Crippen LogP contribution >= 0.6 is 0 Å². The average Bonchev–Trinajstić information content (AvgIpc) is 2.43. The highest BCUT2D eigenvalue weighted by Gasteiger charge is 2.27. The first-order valence-electron chi connectivity index (χ1n) is 7.68. The molecule has 0 aliphatic carbocycles. The highest BCUT2D eigenvalue weighted by molar-refractivity contribution is 5.77. The number of carbonyl (C=O) groups is 1. The number of piperidine rings is 1. The molecule has 1 unspecified atom stereocenters. The fraction of sp³-hybridized carbons (Fsp3) is 0.588. The monoisotopic (exact) mass is 292 g/mol. The minimum Gasteiger partial charge on any atom is -0.340 e. The number of halogens is 1. The van der Waals surface area contributed by atoms with E-state index < -0.39 is 0 Å². The van der Waals surface area contributed by atoms with Crippen molar-refractivity contribution in [3.63, 3.8) is 0 Å². The quantitative estimate of drug-likeness (QED) is 0.833. The minimum atomic E-state index is -0.195. The normalized spacial score (nSPS) is 19.6. The van der Waals surface area contributed by atoms with Crippen molar-refractivity contribution in [2.45, 2.75) is 39.3 Å². The summed E-state index contributed by atoms with van der Waals surface area (Å²) in [6.45, 7) is 6.77. The topological polar surface area (TPSA) is 23.6 Å². The second-order valence-corrected chi connectivity index (χ2v) is 6.37. The molecule has 0 spiro atoms. The van der Waals surface area contributed by atoms with E-state index >= 15 is 0 Å². The lowest BCUT2D eigenvalue weighted by atomic mass is 9.96. The van der Waals surface area contributed by atoms with Gasteiger partial charge in [-0.1, -0.05) is 12.1 Å². The molecular formula is C17H25FN2O. The minimum absolute atomic E-state index is 0.195. The SMILES string of the molecule is CC(C)N1CC(CN(C)Cc2ccc(F)cc2)CCC1=O. The van der Waals surface area contributed by atoms with Crippen LogP contribution in [0.25, 0.3) is 0 Å². The predicted molar refractivity (Wildman–Crippen MR) is 82.3 cm³/mol. The lowest BCUT2D eigenvalue weighted by Crippen LogP contribution is -2.46. The third kappa shape index (κ3) is 4.53. The number of rotatable bonds is 5. The fourth-order valence-corrected chi connectivity index (χ4v) is 3.00. The maximum absolute atomic E-state index is 12.9. The van der Waals surface area contributed by atoms with Crippen molar-refractivity contribution in [3.8, 4) is 0 Å². The molecule has 0 radical (unpaired) electrons. The molecule has 3 nitrogen and oxygen atoms in total. The van der Waals surface area contributed by atoms with Crippen molar-refractivity contribution in [2.75, 3.05) is 20.1 Å². The summed E-state index contributed by atoms with van der Waals surface area (Å²) in [7, 11) is 2.08. The summed E-state index contributed by atoms with van der Waals surface area (Å²) in [5.74, 6) is 0.609. The van der Waals surface area contributed by atoms with Crippen molar-refractivity contribution >= 4 is 5.91 Å². The van der Waals surface area contributed by atoms with Gasteiger partial charge in [-0.3, -0.25) is 4.79 Å². The van der Waals surface area contributed by atoms with E-state index in [4.69, 9.17) is 0 Å². The standard InChI is InChI=1S/C17H25FN2O/c1-13(2)20-12-15(6-9-17(20)21)11-19(3)10-14-4-7-16(18)8-5-14/h4-5,7-8,13,15H,6,9-12H2,1-3H3. The van der Waals surface area contributed by atoms with E-state index in [1.807, 2.05) is 17.0 Å². The molecule has 116 valence electrons. The summed E-state index contributed by atoms with van der Waals surface area (Å²) >= 11 is 0. The molecule has 1 aliphatic heterocycles. The molecule has 1 saturated heterocycles. The lowest BCUT2D eigenvalue weighted by molar-refractivity contribution is -0.136. The van der Waals surface area contributed by atoms with Gasteiger partial charge in [-0.15, -0.1) is 0 Å². The van der Waals surface area contributed by atoms with Crippen LogP contribution in [0.4, 0.5) is 4.39 Å². The van der Waals surface area contributed by atoms with Gasteiger partial charge in [0.2, 0.25) is 5.91 Å². The van der Waals surface area contributed by atoms with Gasteiger partial charge >= 0.3 is 0 Å². The van der Waals surface area contributed by atoms with Crippen molar-refractivity contribution < 1.29 is 9.18 Å². The van der Waals surface area contributed by atoms with E-state index in [0.717, 1.165) is 31.6 Å². The first kappa shape index (κ1) is 16.0. The molecule has 21 heavy (non-hydrogen) atoms. The van der Waals surface area contributed by atoms with E-state index in [9.17, 15) is 9.18 Å². The Balaban J connectivity index is 1.86. The molecule has 1 fully saturated rings. The molecule has 1 atom stereocenters. The zero-order chi connectivity index (χ0) is 15.4. The Hall–Kier alpha value is -1.42. The van der Waals surface area contributed by atoms with Crippen LogP contribution in [0.5, 0.6) is 0 Å². The van der Waals surface area contributed by atoms with Crippen LogP contribution in [0.3, 0.4) is 0 Å². The fourth-order valence-electron chi connectivity index (χ4n) is 3.00. The Kier molecular flexibility index (Phi) is 5.34. The third-order valence-electron chi connectivity index (χ3n) is 4.10. The molecule has 1 aliphatic rings. The van der Waals surface area contributed by atoms with Crippen LogP contribution in [0.1, 0.15) is 32.3 Å². The number of nitrogens with zero attached hydrogens (tertiary/aromatic N) is 2. The molecule has 0 N–H and O–H groups in total. The molecule has 4 heteroatoms. The summed E-state index contributed by atoms with van der Waals surface area (Å²) < 4.78 is 12.9. The predicted octanol–water partition coefficient (Wildman–Crippen LogP) is 2.90. The average molecular weight is 292 g/mol. The van der Waals surface area contributed by atoms with Gasteiger partial charge in [-0.2, -0.15) is 0 Å². The molecule has 1 amide bonds. The second-order valence-electron chi connectivity index (χ2n) is 6.37. The molecule has 1 heterocycles. The Morgan fingerprint density at radius 2 is 2.00 bits per heavy atom. The molecule has 0 bridgehead atoms. The third-order valence-corrected chi connectivity index (χ3v) is 4.10. The van der Waals surface area contributed by atoms with E-state index in [1.54, 1.807) is 0 Å². The largest absolute Gasteiger partial charge is 0.340 e. The van der Waals surface area contributed by atoms with Crippen LogP contribution in [0.2, 0.25) is 0 Å². The number of likely N-dealkylation sites (tertiary alicyclic amines) is 1.